The zero-order valence-corrected chi connectivity index (χ0v) is 14.3. The van der Waals surface area contributed by atoms with Crippen LogP contribution in [0.15, 0.2) is 55.1 Å². The van der Waals surface area contributed by atoms with Gasteiger partial charge in [0.1, 0.15) is 18.1 Å². The smallest absolute Gasteiger partial charge is 0.265 e. The van der Waals surface area contributed by atoms with Crippen LogP contribution in [-0.2, 0) is 4.79 Å². The lowest BCUT2D eigenvalue weighted by Gasteiger charge is -2.18. The number of hydrogen-bond donors (Lipinski definition) is 1. The minimum Gasteiger partial charge on any atom is -0.487 e. The van der Waals surface area contributed by atoms with E-state index in [2.05, 4.69) is 11.9 Å². The molecule has 0 bridgehead atoms. The van der Waals surface area contributed by atoms with Gasteiger partial charge in [0.15, 0.2) is 6.10 Å². The van der Waals surface area contributed by atoms with Crippen LogP contribution in [0.5, 0.6) is 11.5 Å². The molecule has 1 unspecified atom stereocenters. The van der Waals surface area contributed by atoms with Crippen LogP contribution in [0.25, 0.3) is 0 Å². The Balaban J connectivity index is 2.06. The van der Waals surface area contributed by atoms with E-state index in [1.165, 1.54) is 0 Å². The van der Waals surface area contributed by atoms with Crippen LogP contribution < -0.4 is 14.8 Å². The summed E-state index contributed by atoms with van der Waals surface area (Å²) in [5, 5.41) is 2.85. The zero-order chi connectivity index (χ0) is 17.5. The average Bonchev–Trinajstić information content (AvgIpc) is 2.57. The number of ether oxygens (including phenoxy) is 2. The third-order valence-electron chi connectivity index (χ3n) is 3.52. The lowest BCUT2D eigenvalue weighted by Crippen LogP contribution is -2.30. The molecule has 1 N–H and O–H groups in total. The van der Waals surface area contributed by atoms with Crippen molar-refractivity contribution in [3.05, 3.63) is 66.2 Å². The van der Waals surface area contributed by atoms with Crippen LogP contribution in [0.4, 0.5) is 5.69 Å². The number of nitrogens with one attached hydrogen (secondary N) is 1. The van der Waals surface area contributed by atoms with E-state index in [4.69, 9.17) is 9.47 Å². The molecule has 2 aromatic carbocycles. The number of aryl methyl sites for hydroxylation is 2. The molecule has 4 nitrogen and oxygen atoms in total. The van der Waals surface area contributed by atoms with Crippen molar-refractivity contribution in [1.29, 1.82) is 0 Å². The van der Waals surface area contributed by atoms with Gasteiger partial charge in [-0.2, -0.15) is 0 Å². The second kappa shape index (κ2) is 8.20. The predicted octanol–water partition coefficient (Wildman–Crippen LogP) is 4.27. The summed E-state index contributed by atoms with van der Waals surface area (Å²) in [6, 6.07) is 13.2. The zero-order valence-electron chi connectivity index (χ0n) is 14.3. The highest BCUT2D eigenvalue weighted by Crippen LogP contribution is 2.25. The summed E-state index contributed by atoms with van der Waals surface area (Å²) in [6.45, 7) is 9.67. The van der Waals surface area contributed by atoms with Gasteiger partial charge in [0, 0.05) is 0 Å². The molecule has 0 aliphatic rings. The summed E-state index contributed by atoms with van der Waals surface area (Å²) in [7, 11) is 0. The van der Waals surface area contributed by atoms with E-state index in [-0.39, 0.29) is 5.91 Å². The van der Waals surface area contributed by atoms with E-state index in [1.54, 1.807) is 25.1 Å². The fraction of sp³-hybridized carbons (Fsp3) is 0.250. The first-order valence-electron chi connectivity index (χ1n) is 7.88. The van der Waals surface area contributed by atoms with Crippen LogP contribution in [-0.4, -0.2) is 18.6 Å². The monoisotopic (exact) mass is 325 g/mol. The van der Waals surface area contributed by atoms with Crippen LogP contribution in [0, 0.1) is 13.8 Å². The third-order valence-corrected chi connectivity index (χ3v) is 3.52. The summed E-state index contributed by atoms with van der Waals surface area (Å²) in [6.07, 6.45) is 1.03. The lowest BCUT2D eigenvalue weighted by molar-refractivity contribution is -0.122. The van der Waals surface area contributed by atoms with Gasteiger partial charge in [0.2, 0.25) is 0 Å². The van der Waals surface area contributed by atoms with Crippen molar-refractivity contribution in [2.24, 2.45) is 0 Å². The largest absolute Gasteiger partial charge is 0.487 e. The number of carbonyl (C=O) groups excluding carboxylic acids is 1. The molecule has 0 aliphatic heterocycles. The van der Waals surface area contributed by atoms with Crippen molar-refractivity contribution >= 4 is 11.6 Å². The summed E-state index contributed by atoms with van der Waals surface area (Å²) >= 11 is 0. The first-order chi connectivity index (χ1) is 11.5. The molecule has 0 aliphatic carbocycles. The summed E-state index contributed by atoms with van der Waals surface area (Å²) in [5.41, 5.74) is 2.70. The maximum absolute atomic E-state index is 12.4. The molecule has 0 heterocycles. The van der Waals surface area contributed by atoms with E-state index >= 15 is 0 Å². The molecule has 4 heteroatoms. The van der Waals surface area contributed by atoms with Gasteiger partial charge in [-0.3, -0.25) is 4.79 Å². The molecule has 2 aromatic rings. The number of hydrogen-bond acceptors (Lipinski definition) is 3. The number of para-hydroxylation sites is 2. The van der Waals surface area contributed by atoms with Gasteiger partial charge < -0.3 is 14.8 Å². The summed E-state index contributed by atoms with van der Waals surface area (Å²) in [4.78, 5) is 12.4. The van der Waals surface area contributed by atoms with Gasteiger partial charge in [-0.15, -0.1) is 0 Å². The highest BCUT2D eigenvalue weighted by Gasteiger charge is 2.17. The van der Waals surface area contributed by atoms with Crippen LogP contribution >= 0.6 is 0 Å². The Morgan fingerprint density at radius 1 is 1.21 bits per heavy atom. The van der Waals surface area contributed by atoms with E-state index in [0.29, 0.717) is 23.8 Å². The second-order valence-corrected chi connectivity index (χ2v) is 5.61. The minimum absolute atomic E-state index is 0.231. The Labute approximate surface area is 143 Å². The normalized spacial score (nSPS) is 11.5. The molecule has 0 aromatic heterocycles. The molecule has 0 saturated carbocycles. The van der Waals surface area contributed by atoms with Crippen molar-refractivity contribution < 1.29 is 14.3 Å². The van der Waals surface area contributed by atoms with E-state index in [9.17, 15) is 4.79 Å². The van der Waals surface area contributed by atoms with E-state index < -0.39 is 6.10 Å². The fourth-order valence-electron chi connectivity index (χ4n) is 2.16. The molecule has 0 radical (unpaired) electrons. The Bertz CT molecular complexity index is 725. The first kappa shape index (κ1) is 17.6. The van der Waals surface area contributed by atoms with Gasteiger partial charge in [-0.1, -0.05) is 36.9 Å². The standard InChI is InChI=1S/C20H23NO3/c1-5-12-23-18-9-7-6-8-17(18)21-20(22)16(4)24-19-13-14(2)10-11-15(19)3/h5-11,13,16H,1,12H2,2-4H3,(H,21,22). The van der Waals surface area contributed by atoms with Crippen molar-refractivity contribution in [3.63, 3.8) is 0 Å². The van der Waals surface area contributed by atoms with Gasteiger partial charge in [-0.05, 0) is 50.1 Å². The molecular weight excluding hydrogens is 302 g/mol. The maximum Gasteiger partial charge on any atom is 0.265 e. The Hall–Kier alpha value is -2.75. The molecule has 0 fully saturated rings. The van der Waals surface area contributed by atoms with Crippen molar-refractivity contribution in [2.45, 2.75) is 26.9 Å². The van der Waals surface area contributed by atoms with Gasteiger partial charge in [0.25, 0.3) is 5.91 Å². The molecule has 0 spiro atoms. The van der Waals surface area contributed by atoms with Crippen molar-refractivity contribution in [1.82, 2.24) is 0 Å². The van der Waals surface area contributed by atoms with Crippen molar-refractivity contribution in [3.8, 4) is 11.5 Å². The quantitative estimate of drug-likeness (QED) is 0.773. The highest BCUT2D eigenvalue weighted by atomic mass is 16.5. The predicted molar refractivity (Wildman–Crippen MR) is 96.8 cm³/mol. The Morgan fingerprint density at radius 2 is 1.96 bits per heavy atom. The molecule has 1 atom stereocenters. The lowest BCUT2D eigenvalue weighted by atomic mass is 10.1. The summed E-state index contributed by atoms with van der Waals surface area (Å²) in [5.74, 6) is 1.09. The van der Waals surface area contributed by atoms with Crippen LogP contribution in [0.1, 0.15) is 18.1 Å². The SMILES string of the molecule is C=CCOc1ccccc1NC(=O)C(C)Oc1cc(C)ccc1C. The molecule has 126 valence electrons. The Kier molecular flexibility index (Phi) is 6.01. The molecule has 1 amide bonds. The number of anilines is 1. The van der Waals surface area contributed by atoms with Crippen LogP contribution in [0.3, 0.4) is 0 Å². The molecule has 24 heavy (non-hydrogen) atoms. The number of amides is 1. The highest BCUT2D eigenvalue weighted by molar-refractivity contribution is 5.95. The van der Waals surface area contributed by atoms with Gasteiger partial charge >= 0.3 is 0 Å². The Morgan fingerprint density at radius 3 is 2.71 bits per heavy atom. The number of benzene rings is 2. The molecular formula is C20H23NO3. The van der Waals surface area contributed by atoms with Crippen LogP contribution in [0.2, 0.25) is 0 Å². The topological polar surface area (TPSA) is 47.6 Å². The minimum atomic E-state index is -0.627. The first-order valence-corrected chi connectivity index (χ1v) is 7.88. The molecule has 0 saturated heterocycles. The second-order valence-electron chi connectivity index (χ2n) is 5.61. The number of rotatable bonds is 7. The summed E-state index contributed by atoms with van der Waals surface area (Å²) < 4.78 is 11.4. The van der Waals surface area contributed by atoms with Crippen molar-refractivity contribution in [2.75, 3.05) is 11.9 Å². The number of carbonyl (C=O) groups is 1. The fourth-order valence-corrected chi connectivity index (χ4v) is 2.16. The third kappa shape index (κ3) is 4.62. The maximum atomic E-state index is 12.4. The average molecular weight is 325 g/mol. The van der Waals surface area contributed by atoms with E-state index in [1.807, 2.05) is 44.2 Å². The van der Waals surface area contributed by atoms with Gasteiger partial charge in [0.05, 0.1) is 5.69 Å². The molecule has 2 rings (SSSR count). The van der Waals surface area contributed by atoms with E-state index in [0.717, 1.165) is 11.1 Å². The van der Waals surface area contributed by atoms with Gasteiger partial charge in [-0.25, -0.2) is 0 Å².